The van der Waals surface area contributed by atoms with E-state index < -0.39 is 12.1 Å². The van der Waals surface area contributed by atoms with Crippen LogP contribution < -0.4 is 11.1 Å². The van der Waals surface area contributed by atoms with Gasteiger partial charge in [-0.15, -0.1) is 0 Å². The number of carbonyl (C=O) groups is 1. The Morgan fingerprint density at radius 3 is 1.83 bits per heavy atom. The molecular weight excluding hydrogens is 458 g/mol. The summed E-state index contributed by atoms with van der Waals surface area (Å²) in [5.74, 6) is -0.781. The molecule has 1 fully saturated rings. The predicted octanol–water partition coefficient (Wildman–Crippen LogP) is 3.47. The first-order valence-corrected chi connectivity index (χ1v) is 11.0. The van der Waals surface area contributed by atoms with Crippen LogP contribution in [0.5, 0.6) is 0 Å². The van der Waals surface area contributed by atoms with E-state index in [1.807, 2.05) is 6.92 Å². The molecule has 182 valence electrons. The number of aryl methyl sites for hydroxylation is 2. The average Bonchev–Trinajstić information content (AvgIpc) is 3.33. The maximum atomic E-state index is 13.4. The Balaban J connectivity index is 0.000000168. The van der Waals surface area contributed by atoms with Crippen molar-refractivity contribution < 1.29 is 23.0 Å². The van der Waals surface area contributed by atoms with Crippen LogP contribution in [-0.4, -0.2) is 34.9 Å². The number of benzene rings is 2. The largest absolute Gasteiger partial charge is 0.348 e. The van der Waals surface area contributed by atoms with E-state index in [4.69, 9.17) is 9.47 Å². The average molecular weight is 482 g/mol. The van der Waals surface area contributed by atoms with Crippen LogP contribution in [0.3, 0.4) is 0 Å². The molecule has 1 aliphatic heterocycles. The van der Waals surface area contributed by atoms with Gasteiger partial charge in [0.25, 0.3) is 11.1 Å². The van der Waals surface area contributed by atoms with Gasteiger partial charge < -0.3 is 23.4 Å². The number of fused-ring (bicyclic) bond motifs is 2. The molecule has 0 bridgehead atoms. The van der Waals surface area contributed by atoms with Crippen LogP contribution in [0, 0.1) is 25.5 Å². The fraction of sp³-hybridized carbons (Fsp3) is 0.269. The normalized spacial score (nSPS) is 13.7. The molecule has 0 atom stereocenters. The number of hydrogen-bond acceptors (Lipinski definition) is 5. The molecule has 0 amide bonds. The molecule has 0 spiro atoms. The Morgan fingerprint density at radius 1 is 0.829 bits per heavy atom. The second kappa shape index (κ2) is 10.3. The SMILES string of the molecule is Cc1cc(=O)n(CC2OCCO2)c2cc(F)ccc12.Cc1cc(=O)n(CC=O)c2cc(F)ccc12. The van der Waals surface area contributed by atoms with Crippen LogP contribution in [-0.2, 0) is 27.4 Å². The van der Waals surface area contributed by atoms with Gasteiger partial charge in [0, 0.05) is 22.9 Å². The summed E-state index contributed by atoms with van der Waals surface area (Å²) in [6, 6.07) is 11.7. The highest BCUT2D eigenvalue weighted by Crippen LogP contribution is 2.19. The molecule has 4 aromatic rings. The molecule has 5 rings (SSSR count). The molecule has 7 nitrogen and oxygen atoms in total. The van der Waals surface area contributed by atoms with Gasteiger partial charge in [0.05, 0.1) is 37.3 Å². The zero-order chi connectivity index (χ0) is 25.1. The maximum Gasteiger partial charge on any atom is 0.251 e. The smallest absolute Gasteiger partial charge is 0.251 e. The minimum atomic E-state index is -0.438. The van der Waals surface area contributed by atoms with Crippen molar-refractivity contribution in [3.05, 3.63) is 92.0 Å². The quantitative estimate of drug-likeness (QED) is 0.416. The fourth-order valence-corrected chi connectivity index (χ4v) is 4.16. The number of pyridine rings is 2. The number of hydrogen-bond donors (Lipinski definition) is 0. The van der Waals surface area contributed by atoms with Crippen molar-refractivity contribution in [1.29, 1.82) is 0 Å². The van der Waals surface area contributed by atoms with Gasteiger partial charge in [-0.2, -0.15) is 0 Å². The van der Waals surface area contributed by atoms with E-state index in [2.05, 4.69) is 0 Å². The van der Waals surface area contributed by atoms with Crippen molar-refractivity contribution in [2.45, 2.75) is 33.2 Å². The summed E-state index contributed by atoms with van der Waals surface area (Å²) >= 11 is 0. The Kier molecular flexibility index (Phi) is 7.18. The lowest BCUT2D eigenvalue weighted by molar-refractivity contribution is -0.108. The van der Waals surface area contributed by atoms with Crippen LogP contribution >= 0.6 is 0 Å². The number of carbonyl (C=O) groups excluding carboxylic acids is 1. The second-order valence-corrected chi connectivity index (χ2v) is 8.21. The molecule has 0 N–H and O–H groups in total. The van der Waals surface area contributed by atoms with Gasteiger partial charge in [-0.1, -0.05) is 0 Å². The number of halogens is 2. The molecular formula is C26H24F2N2O5. The summed E-state index contributed by atoms with van der Waals surface area (Å²) in [6.07, 6.45) is 0.188. The van der Waals surface area contributed by atoms with E-state index in [-0.39, 0.29) is 30.0 Å². The number of aromatic nitrogens is 2. The van der Waals surface area contributed by atoms with E-state index in [1.54, 1.807) is 25.1 Å². The minimum absolute atomic E-state index is 0.0565. The van der Waals surface area contributed by atoms with Gasteiger partial charge in [0.2, 0.25) is 0 Å². The van der Waals surface area contributed by atoms with Crippen molar-refractivity contribution in [2.24, 2.45) is 0 Å². The highest BCUT2D eigenvalue weighted by atomic mass is 19.1. The summed E-state index contributed by atoms with van der Waals surface area (Å²) in [5, 5.41) is 1.64. The minimum Gasteiger partial charge on any atom is -0.348 e. The van der Waals surface area contributed by atoms with Gasteiger partial charge in [0.15, 0.2) is 6.29 Å². The van der Waals surface area contributed by atoms with Gasteiger partial charge in [-0.25, -0.2) is 8.78 Å². The van der Waals surface area contributed by atoms with Gasteiger partial charge in [-0.05, 0) is 61.4 Å². The van der Waals surface area contributed by atoms with Gasteiger partial charge >= 0.3 is 0 Å². The number of aldehydes is 1. The van der Waals surface area contributed by atoms with Crippen molar-refractivity contribution in [3.8, 4) is 0 Å². The molecule has 3 heterocycles. The molecule has 1 aliphatic rings. The summed E-state index contributed by atoms with van der Waals surface area (Å²) in [4.78, 5) is 34.2. The lowest BCUT2D eigenvalue weighted by atomic mass is 10.1. The highest BCUT2D eigenvalue weighted by molar-refractivity contribution is 5.83. The Hall–Kier alpha value is -3.69. The predicted molar refractivity (Wildman–Crippen MR) is 128 cm³/mol. The van der Waals surface area contributed by atoms with Gasteiger partial charge in [0.1, 0.15) is 17.9 Å². The van der Waals surface area contributed by atoms with Crippen LogP contribution in [0.25, 0.3) is 21.8 Å². The molecule has 0 unspecified atom stereocenters. The molecule has 0 aliphatic carbocycles. The van der Waals surface area contributed by atoms with Crippen molar-refractivity contribution in [3.63, 3.8) is 0 Å². The molecule has 2 aromatic heterocycles. The zero-order valence-electron chi connectivity index (χ0n) is 19.3. The first kappa shape index (κ1) is 24.4. The monoisotopic (exact) mass is 482 g/mol. The Morgan fingerprint density at radius 2 is 1.31 bits per heavy atom. The van der Waals surface area contributed by atoms with Crippen molar-refractivity contribution in [1.82, 2.24) is 9.13 Å². The third-order valence-corrected chi connectivity index (χ3v) is 5.84. The molecule has 1 saturated heterocycles. The molecule has 9 heteroatoms. The second-order valence-electron chi connectivity index (χ2n) is 8.21. The Labute approximate surface area is 199 Å². The molecule has 2 aromatic carbocycles. The maximum absolute atomic E-state index is 13.4. The van der Waals surface area contributed by atoms with Crippen LogP contribution in [0.15, 0.2) is 58.1 Å². The summed E-state index contributed by atoms with van der Waals surface area (Å²) in [7, 11) is 0. The highest BCUT2D eigenvalue weighted by Gasteiger charge is 2.18. The van der Waals surface area contributed by atoms with Gasteiger partial charge in [-0.3, -0.25) is 9.59 Å². The van der Waals surface area contributed by atoms with E-state index in [0.717, 1.165) is 21.9 Å². The Bertz CT molecular complexity index is 1520. The number of ether oxygens (including phenoxy) is 2. The van der Waals surface area contributed by atoms with Crippen molar-refractivity contribution in [2.75, 3.05) is 13.2 Å². The van der Waals surface area contributed by atoms with Crippen LogP contribution in [0.1, 0.15) is 11.1 Å². The topological polar surface area (TPSA) is 79.5 Å². The first-order chi connectivity index (χ1) is 16.8. The lowest BCUT2D eigenvalue weighted by Gasteiger charge is -2.15. The van der Waals surface area contributed by atoms with E-state index in [0.29, 0.717) is 30.5 Å². The summed E-state index contributed by atoms with van der Waals surface area (Å²) in [5.41, 5.74) is 2.19. The molecule has 35 heavy (non-hydrogen) atoms. The number of rotatable bonds is 4. The standard InChI is InChI=1S/C14H14FNO3.C12H10FNO2/c1-9-6-13(17)16(8-14-18-4-5-19-14)12-7-10(15)2-3-11(9)12;1-8-6-12(16)14(4-5-15)11-7-9(13)2-3-10(8)11/h2-3,6-7,14H,4-5,8H2,1H3;2-3,5-7H,4H2,1H3. The van der Waals surface area contributed by atoms with Crippen LogP contribution in [0.4, 0.5) is 8.78 Å². The fourth-order valence-electron chi connectivity index (χ4n) is 4.16. The number of nitrogens with zero attached hydrogens (tertiary/aromatic N) is 2. The van der Waals surface area contributed by atoms with Crippen molar-refractivity contribution >= 4 is 28.1 Å². The third kappa shape index (κ3) is 5.21. The summed E-state index contributed by atoms with van der Waals surface area (Å²) < 4.78 is 40.0. The molecule has 0 radical (unpaired) electrons. The van der Waals surface area contributed by atoms with E-state index >= 15 is 0 Å². The first-order valence-electron chi connectivity index (χ1n) is 11.0. The molecule has 0 saturated carbocycles. The van der Waals surface area contributed by atoms with E-state index in [9.17, 15) is 23.2 Å². The third-order valence-electron chi connectivity index (χ3n) is 5.84. The van der Waals surface area contributed by atoms with E-state index in [1.165, 1.54) is 39.5 Å². The lowest BCUT2D eigenvalue weighted by Crippen LogP contribution is -2.27. The zero-order valence-corrected chi connectivity index (χ0v) is 19.3. The van der Waals surface area contributed by atoms with Crippen LogP contribution in [0.2, 0.25) is 0 Å². The summed E-state index contributed by atoms with van der Waals surface area (Å²) in [6.45, 7) is 4.90.